The second-order valence-electron chi connectivity index (χ2n) is 33.0. The number of esters is 2. The number of carbonyl (C=O) groups excluding carboxylic acids is 11. The monoisotopic (exact) mass is 2100 g/mol. The van der Waals surface area contributed by atoms with Crippen molar-refractivity contribution in [1.29, 1.82) is 0 Å². The maximum absolute atomic E-state index is 13.1. The number of benzene rings is 10. The highest BCUT2D eigenvalue weighted by molar-refractivity contribution is 7.74. The summed E-state index contributed by atoms with van der Waals surface area (Å²) in [5, 5.41) is 56.6. The number of carbonyl (C=O) groups is 12. The smallest absolute Gasteiger partial charge is 0.419 e. The molecule has 149 heavy (non-hydrogen) atoms. The van der Waals surface area contributed by atoms with Gasteiger partial charge in [0.05, 0.1) is 52.7 Å². The van der Waals surface area contributed by atoms with Crippen molar-refractivity contribution < 1.29 is 156 Å². The van der Waals surface area contributed by atoms with Crippen molar-refractivity contribution in [1.82, 2.24) is 11.0 Å². The molecule has 0 heterocycles. The normalized spacial score (nSPS) is 12.1. The van der Waals surface area contributed by atoms with Crippen LogP contribution in [0.4, 0.5) is 100 Å². The fourth-order valence-electron chi connectivity index (χ4n) is 13.9. The fourth-order valence-corrected chi connectivity index (χ4v) is 14.2. The van der Waals surface area contributed by atoms with Crippen molar-refractivity contribution in [3.8, 4) is 0 Å². The van der Waals surface area contributed by atoms with Gasteiger partial charge in [-0.2, -0.15) is 27.9 Å². The second kappa shape index (κ2) is 62.7. The van der Waals surface area contributed by atoms with E-state index in [0.717, 1.165) is 62.7 Å². The molecular weight excluding hydrogens is 1990 g/mol. The number of hydrogen-bond acceptors (Lipinski definition) is 33. The van der Waals surface area contributed by atoms with E-state index in [1.807, 2.05) is 60.7 Å². The highest BCUT2D eigenvalue weighted by atomic mass is 32.2. The Hall–Kier alpha value is -16.1. The van der Waals surface area contributed by atoms with E-state index in [1.54, 1.807) is 182 Å². The number of unbranched alkanes of at least 4 members (excludes halogenated alkanes) is 2. The van der Waals surface area contributed by atoms with Crippen molar-refractivity contribution in [2.75, 3.05) is 146 Å². The zero-order valence-corrected chi connectivity index (χ0v) is 82.2. The first-order valence-corrected chi connectivity index (χ1v) is 48.6. The zero-order chi connectivity index (χ0) is 106. The Morgan fingerprint density at radius 2 is 0.577 bits per heavy atom. The maximum Gasteiger partial charge on any atom is 0.419 e. The number of ether oxygens (including phenoxy) is 12. The molecule has 0 spiro atoms. The van der Waals surface area contributed by atoms with E-state index >= 15 is 0 Å². The highest BCUT2D eigenvalue weighted by Crippen LogP contribution is 2.27. The quantitative estimate of drug-likeness (QED) is 0.00320. The van der Waals surface area contributed by atoms with Crippen LogP contribution in [0.2, 0.25) is 0 Å². The molecule has 45 nitrogen and oxygen atoms in total. The lowest BCUT2D eigenvalue weighted by Gasteiger charge is -2.24. The highest BCUT2D eigenvalue weighted by Gasteiger charge is 2.40. The third-order valence-electron chi connectivity index (χ3n) is 20.7. The molecule has 0 saturated carbocycles. The first-order valence-electron chi connectivity index (χ1n) is 46.5. The van der Waals surface area contributed by atoms with Gasteiger partial charge in [-0.1, -0.05) is 121 Å². The Bertz CT molecular complexity index is 6190. The summed E-state index contributed by atoms with van der Waals surface area (Å²) < 4.78 is 110. The van der Waals surface area contributed by atoms with Gasteiger partial charge in [-0.25, -0.2) is 47.9 Å². The van der Waals surface area contributed by atoms with Crippen LogP contribution in [-0.4, -0.2) is 216 Å². The number of hydroxylamine groups is 2. The Morgan fingerprint density at radius 3 is 0.906 bits per heavy atom. The summed E-state index contributed by atoms with van der Waals surface area (Å²) >= 11 is -5.17. The zero-order valence-electron chi connectivity index (χ0n) is 80.6. The number of aliphatic hydroxyl groups is 2. The Labute approximate surface area is 860 Å². The van der Waals surface area contributed by atoms with Gasteiger partial charge in [-0.3, -0.25) is 66.5 Å². The van der Waals surface area contributed by atoms with Crippen LogP contribution in [0, 0.1) is 0 Å². The molecule has 5 unspecified atom stereocenters. The predicted molar refractivity (Wildman–Crippen MR) is 545 cm³/mol. The Morgan fingerprint density at radius 1 is 0.302 bits per heavy atom. The lowest BCUT2D eigenvalue weighted by molar-refractivity contribution is -0.160. The van der Waals surface area contributed by atoms with Gasteiger partial charge in [0.2, 0.25) is 5.60 Å². The number of aliphatic hydroxyl groups excluding tert-OH is 2. The van der Waals surface area contributed by atoms with E-state index in [0.29, 0.717) is 109 Å². The Kier molecular flexibility index (Phi) is 48.3. The van der Waals surface area contributed by atoms with Crippen LogP contribution in [0.5, 0.6) is 0 Å². The largest absolute Gasteiger partial charge is 0.478 e. The summed E-state index contributed by atoms with van der Waals surface area (Å²) in [6.07, 6.45) is -6.40. The van der Waals surface area contributed by atoms with E-state index in [2.05, 4.69) is 72.7 Å². The SMILES string of the molecule is CC(COC(=O)Nc1cccc(Cc2cccc(NC(=O)OCCCCOC(=O)Nc3cccc(Cc4cccc(NC(=O)OCCOCCOC(=O)CCCCC(=O)OC(=O)Nc5cccc(Cc6cccc(NCOCCCOC(=O)Nc7cccc(Cc8cccc(NC(=O)OCC(O)CNOS(=O)O)c8)c7)c6)c5)c4)c3)c2)c1)(OC(=O)Nc1cccc(Cc2cccc(NC(=O)OCC(O)CNOS(=O)O)c2)c1)C(=O)O. The molecule has 0 aliphatic carbocycles. The molecule has 5 atom stereocenters. The number of nitrogens with one attached hydrogen (secondary N) is 12. The van der Waals surface area contributed by atoms with E-state index in [9.17, 15) is 81.3 Å². The maximum atomic E-state index is 13.1. The first kappa shape index (κ1) is 115. The van der Waals surface area contributed by atoms with Crippen LogP contribution in [0.1, 0.15) is 108 Å². The standard InChI is InChI=1S/C102H114N12O33S2/c1-102(92(119)120,145-101(129)114-87-36-15-26-77(61-87)51-75-23-12-33-84(58-75)111-98(126)142-65-89(116)63-105-147-149(132)133)66-143-99(127)112-85-34-13-24-76(59-85)50-72-19-8-29-80(54-72)107-94(122)138-41-5-4-40-137-93(121)106-79-28-7-18-70(53-79)48-73-21-10-31-82(56-73)109-96(124)140-46-44-134-43-45-136-90(117)37-2-3-38-91(118)144-100(128)113-86-35-14-25-69(60-86)47-68-17-6-27-78(52-68)103-67-135-39-16-42-139-95(123)108-81-30-9-20-71(55-81)49-74-22-11-32-83(57-74)110-97(125)141-64-88(115)62-104-146-148(130)131/h6-15,17-36,52-61,88-89,103-105,115-116H,2-5,16,37-51,62-67H2,1H3,(H,106,121)(H,107,122)(H,108,123)(H,109,124)(H,110,125)(H,111,126)(H,112,127)(H,113,128)(H,114,129)(H,119,120)(H,130,131)(H,132,133). The summed E-state index contributed by atoms with van der Waals surface area (Å²) in [4.78, 5) is 152. The number of rotatable bonds is 58. The minimum absolute atomic E-state index is 0.00388. The van der Waals surface area contributed by atoms with Gasteiger partial charge in [-0.05, 0) is 242 Å². The number of hydrogen-bond donors (Lipinski definition) is 17. The Balaban J connectivity index is 0.509. The molecule has 47 heteroatoms. The van der Waals surface area contributed by atoms with Crippen LogP contribution in [0.15, 0.2) is 243 Å². The third kappa shape index (κ3) is 46.5. The molecule has 10 aromatic rings. The first-order chi connectivity index (χ1) is 71.9. The van der Waals surface area contributed by atoms with Gasteiger partial charge < -0.3 is 77.5 Å². The molecule has 0 radical (unpaired) electrons. The second-order valence-corrected chi connectivity index (χ2v) is 34.2. The summed E-state index contributed by atoms with van der Waals surface area (Å²) in [6, 6.07) is 70.2. The minimum Gasteiger partial charge on any atom is -0.478 e. The molecule has 792 valence electrons. The number of anilines is 10. The number of amides is 9. The van der Waals surface area contributed by atoms with E-state index in [1.165, 1.54) is 0 Å². The van der Waals surface area contributed by atoms with E-state index in [-0.39, 0.29) is 97.4 Å². The van der Waals surface area contributed by atoms with E-state index < -0.39 is 133 Å². The van der Waals surface area contributed by atoms with Gasteiger partial charge in [0.25, 0.3) is 0 Å². The van der Waals surface area contributed by atoms with Crippen molar-refractivity contribution in [2.24, 2.45) is 0 Å². The fraction of sp³-hybridized carbons (Fsp3) is 0.294. The summed E-state index contributed by atoms with van der Waals surface area (Å²) in [5.41, 5.74) is 14.4. The van der Waals surface area contributed by atoms with Crippen molar-refractivity contribution in [3.63, 3.8) is 0 Å². The number of carboxylic acid groups (broad SMARTS) is 1. The average Bonchev–Trinajstić information content (AvgIpc) is 0.836. The number of carboxylic acids is 1. The molecule has 9 amide bonds. The summed E-state index contributed by atoms with van der Waals surface area (Å²) in [5.74, 6) is -2.90. The summed E-state index contributed by atoms with van der Waals surface area (Å²) in [7, 11) is 0. The van der Waals surface area contributed by atoms with Crippen LogP contribution in [0.25, 0.3) is 0 Å². The lowest BCUT2D eigenvalue weighted by atomic mass is 10.0. The van der Waals surface area contributed by atoms with Crippen LogP contribution < -0.4 is 64.1 Å². The van der Waals surface area contributed by atoms with Crippen molar-refractivity contribution in [2.45, 2.75) is 102 Å². The molecule has 0 saturated heterocycles. The van der Waals surface area contributed by atoms with Gasteiger partial charge in [0, 0.05) is 76.1 Å². The molecule has 0 bridgehead atoms. The average molecular weight is 2100 g/mol. The molecule has 0 fully saturated rings. The van der Waals surface area contributed by atoms with Crippen LogP contribution in [-0.2, 0) is 135 Å². The minimum atomic E-state index is -2.60. The van der Waals surface area contributed by atoms with Gasteiger partial charge in [0.1, 0.15) is 52.0 Å². The molecule has 10 aromatic carbocycles. The van der Waals surface area contributed by atoms with Crippen LogP contribution in [0.3, 0.4) is 0 Å². The van der Waals surface area contributed by atoms with Crippen LogP contribution >= 0.6 is 0 Å². The summed E-state index contributed by atoms with van der Waals surface area (Å²) in [6.45, 7) is -0.727. The van der Waals surface area contributed by atoms with Crippen molar-refractivity contribution in [3.05, 3.63) is 298 Å². The molecule has 0 aromatic heterocycles. The lowest BCUT2D eigenvalue weighted by Crippen LogP contribution is -2.46. The third-order valence-corrected chi connectivity index (χ3v) is 21.2. The van der Waals surface area contributed by atoms with E-state index in [4.69, 9.17) is 65.9 Å². The van der Waals surface area contributed by atoms with Gasteiger partial charge in [-0.15, -0.1) is 0 Å². The molecule has 17 N–H and O–H groups in total. The number of aliphatic carboxylic acids is 1. The van der Waals surface area contributed by atoms with Gasteiger partial charge in [0.15, 0.2) is 0 Å². The predicted octanol–water partition coefficient (Wildman–Crippen LogP) is 15.5. The van der Waals surface area contributed by atoms with Gasteiger partial charge >= 0.3 is 95.5 Å². The molecular formula is C102H114N12O33S2. The molecule has 10 rings (SSSR count). The molecule has 0 aliphatic heterocycles. The van der Waals surface area contributed by atoms with Crippen molar-refractivity contribution >= 4 is 152 Å². The molecule has 0 aliphatic rings. The topological polar surface area (TPSA) is 614 Å².